The van der Waals surface area contributed by atoms with Crippen molar-refractivity contribution in [1.29, 1.82) is 0 Å². The highest BCUT2D eigenvalue weighted by atomic mass is 16.1. The maximum atomic E-state index is 11.3. The van der Waals surface area contributed by atoms with Gasteiger partial charge in [-0.2, -0.15) is 0 Å². The molecule has 0 atom stereocenters. The highest BCUT2D eigenvalue weighted by Crippen LogP contribution is 2.18. The molecule has 1 fully saturated rings. The van der Waals surface area contributed by atoms with Crippen LogP contribution in [0.5, 0.6) is 0 Å². The number of carbonyl (C=O) groups is 1. The summed E-state index contributed by atoms with van der Waals surface area (Å²) in [5.74, 6) is 0.0552. The van der Waals surface area contributed by atoms with Gasteiger partial charge in [-0.15, -0.1) is 0 Å². The molecule has 0 unspecified atom stereocenters. The van der Waals surface area contributed by atoms with Crippen LogP contribution >= 0.6 is 0 Å². The van der Waals surface area contributed by atoms with Crippen LogP contribution < -0.4 is 5.32 Å². The quantitative estimate of drug-likeness (QED) is 0.650. The van der Waals surface area contributed by atoms with Gasteiger partial charge < -0.3 is 5.32 Å². The molecule has 0 heterocycles. The molecule has 74 valence electrons. The molecular weight excluding hydrogens is 162 g/mol. The Bertz CT molecular complexity index is 209. The van der Waals surface area contributed by atoms with Gasteiger partial charge in [0.05, 0.1) is 0 Å². The molecule has 1 rings (SSSR count). The first-order valence-corrected chi connectivity index (χ1v) is 4.97. The van der Waals surface area contributed by atoms with E-state index in [2.05, 4.69) is 26.1 Å². The lowest BCUT2D eigenvalue weighted by atomic mass is 9.93. The average Bonchev–Trinajstić information content (AvgIpc) is 1.91. The molecule has 1 aliphatic rings. The molecule has 1 N–H and O–H groups in total. The topological polar surface area (TPSA) is 29.1 Å². The summed E-state index contributed by atoms with van der Waals surface area (Å²) >= 11 is 0. The Morgan fingerprint density at radius 1 is 1.38 bits per heavy atom. The van der Waals surface area contributed by atoms with E-state index < -0.39 is 0 Å². The zero-order valence-electron chi connectivity index (χ0n) is 8.76. The van der Waals surface area contributed by atoms with Crippen molar-refractivity contribution in [2.75, 3.05) is 0 Å². The predicted molar refractivity (Wildman–Crippen MR) is 54.4 cm³/mol. The summed E-state index contributed by atoms with van der Waals surface area (Å²) in [7, 11) is 0. The minimum atomic E-state index is 0.0552. The second-order valence-electron chi connectivity index (χ2n) is 4.84. The van der Waals surface area contributed by atoms with E-state index in [1.54, 1.807) is 6.08 Å². The number of rotatable bonds is 2. The Labute approximate surface area is 80.4 Å². The Hall–Kier alpha value is -0.790. The van der Waals surface area contributed by atoms with Gasteiger partial charge in [0.25, 0.3) is 0 Å². The first-order valence-electron chi connectivity index (χ1n) is 4.97. The predicted octanol–water partition coefficient (Wildman–Crippen LogP) is 2.26. The fraction of sp³-hybridized carbons (Fsp3) is 0.727. The Morgan fingerprint density at radius 3 is 2.38 bits per heavy atom. The number of amides is 1. The van der Waals surface area contributed by atoms with Gasteiger partial charge in [0.2, 0.25) is 5.91 Å². The number of carbonyl (C=O) groups excluding carboxylic acids is 1. The van der Waals surface area contributed by atoms with Gasteiger partial charge in [-0.3, -0.25) is 4.79 Å². The lowest BCUT2D eigenvalue weighted by Crippen LogP contribution is -2.38. The minimum Gasteiger partial charge on any atom is -0.350 e. The maximum absolute atomic E-state index is 11.3. The summed E-state index contributed by atoms with van der Waals surface area (Å²) in [5.41, 5.74) is 0.0942. The van der Waals surface area contributed by atoms with Crippen LogP contribution in [-0.2, 0) is 4.79 Å². The Balaban J connectivity index is 2.27. The number of hydrogen-bond donors (Lipinski definition) is 1. The van der Waals surface area contributed by atoms with E-state index in [1.807, 2.05) is 6.08 Å². The lowest BCUT2D eigenvalue weighted by molar-refractivity contribution is -0.117. The molecule has 1 saturated carbocycles. The third kappa shape index (κ3) is 4.11. The fourth-order valence-electron chi connectivity index (χ4n) is 1.13. The van der Waals surface area contributed by atoms with E-state index in [-0.39, 0.29) is 11.3 Å². The summed E-state index contributed by atoms with van der Waals surface area (Å²) < 4.78 is 0. The van der Waals surface area contributed by atoms with Crippen molar-refractivity contribution in [2.45, 2.75) is 46.1 Å². The van der Waals surface area contributed by atoms with Crippen LogP contribution in [-0.4, -0.2) is 11.9 Å². The van der Waals surface area contributed by atoms with Crippen LogP contribution in [0.2, 0.25) is 0 Å². The second kappa shape index (κ2) is 3.95. The largest absolute Gasteiger partial charge is 0.350 e. The summed E-state index contributed by atoms with van der Waals surface area (Å²) in [5, 5.41) is 2.96. The molecule has 0 spiro atoms. The van der Waals surface area contributed by atoms with Gasteiger partial charge in [-0.1, -0.05) is 26.8 Å². The molecule has 1 amide bonds. The van der Waals surface area contributed by atoms with E-state index in [4.69, 9.17) is 0 Å². The van der Waals surface area contributed by atoms with Gasteiger partial charge in [0.1, 0.15) is 0 Å². The first-order chi connectivity index (χ1) is 5.97. The molecule has 0 saturated heterocycles. The van der Waals surface area contributed by atoms with E-state index in [0.29, 0.717) is 6.04 Å². The highest BCUT2D eigenvalue weighted by Gasteiger charge is 2.18. The van der Waals surface area contributed by atoms with Gasteiger partial charge in [0.15, 0.2) is 0 Å². The molecule has 0 aromatic heterocycles. The molecular formula is C11H19NO. The number of hydrogen-bond acceptors (Lipinski definition) is 1. The van der Waals surface area contributed by atoms with Crippen LogP contribution in [0, 0.1) is 5.41 Å². The van der Waals surface area contributed by atoms with Gasteiger partial charge in [0, 0.05) is 6.04 Å². The summed E-state index contributed by atoms with van der Waals surface area (Å²) in [4.78, 5) is 11.3. The zero-order valence-corrected chi connectivity index (χ0v) is 8.76. The standard InChI is InChI=1S/C11H19NO/c1-11(2,3)8-7-10(13)12-9-5-4-6-9/h7-9H,4-6H2,1-3H3,(H,12,13)/b8-7+. The van der Waals surface area contributed by atoms with Crippen LogP contribution in [0.25, 0.3) is 0 Å². The molecule has 0 aromatic carbocycles. The van der Waals surface area contributed by atoms with Crippen molar-refractivity contribution in [2.24, 2.45) is 5.41 Å². The van der Waals surface area contributed by atoms with Crippen LogP contribution in [0.15, 0.2) is 12.2 Å². The summed E-state index contributed by atoms with van der Waals surface area (Å²) in [6.07, 6.45) is 7.15. The highest BCUT2D eigenvalue weighted by molar-refractivity contribution is 5.87. The molecule has 0 radical (unpaired) electrons. The van der Waals surface area contributed by atoms with E-state index in [0.717, 1.165) is 12.8 Å². The van der Waals surface area contributed by atoms with E-state index in [1.165, 1.54) is 6.42 Å². The van der Waals surface area contributed by atoms with Crippen LogP contribution in [0.3, 0.4) is 0 Å². The third-order valence-electron chi connectivity index (χ3n) is 2.19. The molecule has 1 aliphatic carbocycles. The van der Waals surface area contributed by atoms with Crippen molar-refractivity contribution >= 4 is 5.91 Å². The Morgan fingerprint density at radius 2 is 2.00 bits per heavy atom. The third-order valence-corrected chi connectivity index (χ3v) is 2.19. The number of allylic oxidation sites excluding steroid dienone is 1. The summed E-state index contributed by atoms with van der Waals surface area (Å²) in [6.45, 7) is 6.25. The second-order valence-corrected chi connectivity index (χ2v) is 4.84. The Kier molecular flexibility index (Phi) is 3.12. The van der Waals surface area contributed by atoms with Gasteiger partial charge >= 0.3 is 0 Å². The van der Waals surface area contributed by atoms with Crippen LogP contribution in [0.4, 0.5) is 0 Å². The molecule has 2 heteroatoms. The first kappa shape index (κ1) is 10.3. The smallest absolute Gasteiger partial charge is 0.243 e. The molecule has 13 heavy (non-hydrogen) atoms. The van der Waals surface area contributed by atoms with Crippen molar-refractivity contribution in [3.63, 3.8) is 0 Å². The van der Waals surface area contributed by atoms with Crippen molar-refractivity contribution in [3.05, 3.63) is 12.2 Å². The molecule has 0 aromatic rings. The molecule has 0 aliphatic heterocycles. The normalized spacial score (nSPS) is 18.7. The van der Waals surface area contributed by atoms with Crippen LogP contribution in [0.1, 0.15) is 40.0 Å². The van der Waals surface area contributed by atoms with E-state index >= 15 is 0 Å². The zero-order chi connectivity index (χ0) is 9.90. The lowest BCUT2D eigenvalue weighted by Gasteiger charge is -2.25. The molecule has 2 nitrogen and oxygen atoms in total. The van der Waals surface area contributed by atoms with Crippen molar-refractivity contribution < 1.29 is 4.79 Å². The van der Waals surface area contributed by atoms with Crippen molar-refractivity contribution in [3.8, 4) is 0 Å². The maximum Gasteiger partial charge on any atom is 0.243 e. The number of nitrogens with one attached hydrogen (secondary N) is 1. The minimum absolute atomic E-state index is 0.0552. The SMILES string of the molecule is CC(C)(C)/C=C/C(=O)NC1CCC1. The van der Waals surface area contributed by atoms with Crippen molar-refractivity contribution in [1.82, 2.24) is 5.32 Å². The monoisotopic (exact) mass is 181 g/mol. The fourth-order valence-corrected chi connectivity index (χ4v) is 1.13. The molecule has 0 bridgehead atoms. The van der Waals surface area contributed by atoms with Gasteiger partial charge in [-0.05, 0) is 30.8 Å². The average molecular weight is 181 g/mol. The van der Waals surface area contributed by atoms with E-state index in [9.17, 15) is 4.79 Å². The van der Waals surface area contributed by atoms with Gasteiger partial charge in [-0.25, -0.2) is 0 Å². The summed E-state index contributed by atoms with van der Waals surface area (Å²) in [6, 6.07) is 0.442.